The highest BCUT2D eigenvalue weighted by molar-refractivity contribution is 9.10. The molecule has 2 aromatic carbocycles. The summed E-state index contributed by atoms with van der Waals surface area (Å²) in [6, 6.07) is 11.6. The van der Waals surface area contributed by atoms with Crippen LogP contribution in [0.25, 0.3) is 0 Å². The number of anilines is 2. The van der Waals surface area contributed by atoms with Crippen molar-refractivity contribution in [2.45, 2.75) is 20.4 Å². The number of carbonyl (C=O) groups excluding carboxylic acids is 2. The highest BCUT2D eigenvalue weighted by Gasteiger charge is 2.13. The number of benzene rings is 2. The van der Waals surface area contributed by atoms with Crippen LogP contribution in [-0.2, 0) is 16.1 Å². The van der Waals surface area contributed by atoms with E-state index >= 15 is 0 Å². The minimum absolute atomic E-state index is 0.149. The van der Waals surface area contributed by atoms with Crippen LogP contribution < -0.4 is 10.6 Å². The van der Waals surface area contributed by atoms with E-state index in [9.17, 15) is 14.0 Å². The third-order valence-electron chi connectivity index (χ3n) is 3.71. The first-order valence-electron chi connectivity index (χ1n) is 8.21. The van der Waals surface area contributed by atoms with Gasteiger partial charge in [-0.05, 0) is 49.0 Å². The highest BCUT2D eigenvalue weighted by Crippen LogP contribution is 2.18. The van der Waals surface area contributed by atoms with Crippen molar-refractivity contribution in [2.75, 3.05) is 23.7 Å². The third kappa shape index (κ3) is 6.24. The number of hydrogen-bond donors (Lipinski definition) is 2. The van der Waals surface area contributed by atoms with Gasteiger partial charge in [0.2, 0.25) is 11.8 Å². The number of nitrogens with zero attached hydrogens (tertiary/aromatic N) is 1. The Kier molecular flexibility index (Phi) is 7.29. The van der Waals surface area contributed by atoms with Crippen molar-refractivity contribution < 1.29 is 14.0 Å². The largest absolute Gasteiger partial charge is 0.326 e. The second kappa shape index (κ2) is 9.45. The van der Waals surface area contributed by atoms with Gasteiger partial charge in [0.05, 0.1) is 6.54 Å². The molecule has 0 fully saturated rings. The second-order valence-corrected chi connectivity index (χ2v) is 6.76. The van der Waals surface area contributed by atoms with Crippen LogP contribution in [-0.4, -0.2) is 29.8 Å². The van der Waals surface area contributed by atoms with E-state index in [2.05, 4.69) is 26.6 Å². The van der Waals surface area contributed by atoms with Crippen LogP contribution in [0.3, 0.4) is 0 Å². The van der Waals surface area contributed by atoms with Gasteiger partial charge in [-0.1, -0.05) is 22.9 Å². The molecule has 0 heterocycles. The molecule has 2 amide bonds. The van der Waals surface area contributed by atoms with Crippen molar-refractivity contribution in [1.82, 2.24) is 4.90 Å². The lowest BCUT2D eigenvalue weighted by atomic mass is 10.2. The van der Waals surface area contributed by atoms with Gasteiger partial charge >= 0.3 is 0 Å². The molecular formula is C19H21BrFN3O2. The smallest absolute Gasteiger partial charge is 0.238 e. The molecule has 0 atom stereocenters. The monoisotopic (exact) mass is 421 g/mol. The quantitative estimate of drug-likeness (QED) is 0.709. The Morgan fingerprint density at radius 3 is 2.27 bits per heavy atom. The molecule has 2 aromatic rings. The Balaban J connectivity index is 1.94. The number of likely N-dealkylation sites (N-methyl/N-ethyl adjacent to an activating group) is 1. The molecule has 0 radical (unpaired) electrons. The predicted molar refractivity (Wildman–Crippen MR) is 104 cm³/mol. The summed E-state index contributed by atoms with van der Waals surface area (Å²) in [4.78, 5) is 25.1. The molecule has 7 heteroatoms. The van der Waals surface area contributed by atoms with Gasteiger partial charge in [-0.3, -0.25) is 14.5 Å². The van der Waals surface area contributed by atoms with Gasteiger partial charge in [-0.2, -0.15) is 0 Å². The molecule has 0 aliphatic carbocycles. The van der Waals surface area contributed by atoms with Crippen molar-refractivity contribution in [3.05, 3.63) is 58.3 Å². The van der Waals surface area contributed by atoms with E-state index < -0.39 is 0 Å². The van der Waals surface area contributed by atoms with Gasteiger partial charge in [0, 0.05) is 34.9 Å². The molecule has 0 spiro atoms. The standard InChI is InChI=1S/C19H21BrFN3O2/c1-3-24(11-14-10-15(20)4-9-18(14)21)12-19(26)23-17-7-5-16(6-8-17)22-13(2)25/h4-10H,3,11-12H2,1-2H3,(H,22,25)(H,23,26). The summed E-state index contributed by atoms with van der Waals surface area (Å²) >= 11 is 3.33. The SMILES string of the molecule is CCN(CC(=O)Nc1ccc(NC(C)=O)cc1)Cc1cc(Br)ccc1F. The van der Waals surface area contributed by atoms with Crippen LogP contribution in [0, 0.1) is 5.82 Å². The highest BCUT2D eigenvalue weighted by atomic mass is 79.9. The van der Waals surface area contributed by atoms with Crippen LogP contribution >= 0.6 is 15.9 Å². The van der Waals surface area contributed by atoms with Gasteiger partial charge in [-0.25, -0.2) is 4.39 Å². The van der Waals surface area contributed by atoms with Gasteiger partial charge in [0.15, 0.2) is 0 Å². The van der Waals surface area contributed by atoms with Crippen molar-refractivity contribution in [2.24, 2.45) is 0 Å². The van der Waals surface area contributed by atoms with Gasteiger partial charge < -0.3 is 10.6 Å². The number of carbonyl (C=O) groups is 2. The van der Waals surface area contributed by atoms with Crippen LogP contribution in [0.2, 0.25) is 0 Å². The second-order valence-electron chi connectivity index (χ2n) is 5.85. The van der Waals surface area contributed by atoms with E-state index in [1.165, 1.54) is 13.0 Å². The van der Waals surface area contributed by atoms with Crippen molar-refractivity contribution in [3.8, 4) is 0 Å². The maximum atomic E-state index is 13.9. The topological polar surface area (TPSA) is 61.4 Å². The minimum atomic E-state index is -0.291. The Bertz CT molecular complexity index is 781. The van der Waals surface area contributed by atoms with E-state index in [0.717, 1.165) is 4.47 Å². The number of nitrogens with one attached hydrogen (secondary N) is 2. The number of rotatable bonds is 7. The van der Waals surface area contributed by atoms with Crippen molar-refractivity contribution in [3.63, 3.8) is 0 Å². The summed E-state index contributed by atoms with van der Waals surface area (Å²) in [6.45, 7) is 4.46. The Labute approximate surface area is 160 Å². The van der Waals surface area contributed by atoms with Gasteiger partial charge in [-0.15, -0.1) is 0 Å². The molecule has 26 heavy (non-hydrogen) atoms. The summed E-state index contributed by atoms with van der Waals surface area (Å²) in [5.74, 6) is -0.629. The Morgan fingerprint density at radius 1 is 1.08 bits per heavy atom. The lowest BCUT2D eigenvalue weighted by Gasteiger charge is -2.20. The summed E-state index contributed by atoms with van der Waals surface area (Å²) in [7, 11) is 0. The molecule has 0 aliphatic heterocycles. The molecule has 5 nitrogen and oxygen atoms in total. The molecular weight excluding hydrogens is 401 g/mol. The normalized spacial score (nSPS) is 10.7. The first kappa shape index (κ1) is 20.1. The molecule has 138 valence electrons. The van der Waals surface area contributed by atoms with Gasteiger partial charge in [0.1, 0.15) is 5.82 Å². The zero-order valence-electron chi connectivity index (χ0n) is 14.7. The molecule has 0 aromatic heterocycles. The fraction of sp³-hybridized carbons (Fsp3) is 0.263. The van der Waals surface area contributed by atoms with Crippen LogP contribution in [0.4, 0.5) is 15.8 Å². The van der Waals surface area contributed by atoms with Crippen molar-refractivity contribution >= 4 is 39.1 Å². The van der Waals surface area contributed by atoms with Crippen molar-refractivity contribution in [1.29, 1.82) is 0 Å². The average Bonchev–Trinajstić information content (AvgIpc) is 2.58. The predicted octanol–water partition coefficient (Wildman–Crippen LogP) is 4.01. The molecule has 0 saturated carbocycles. The number of amides is 2. The first-order chi connectivity index (χ1) is 12.4. The fourth-order valence-corrected chi connectivity index (χ4v) is 2.84. The number of hydrogen-bond acceptors (Lipinski definition) is 3. The lowest BCUT2D eigenvalue weighted by molar-refractivity contribution is -0.117. The van der Waals surface area contributed by atoms with Crippen LogP contribution in [0.15, 0.2) is 46.9 Å². The van der Waals surface area contributed by atoms with E-state index in [0.29, 0.717) is 30.0 Å². The lowest BCUT2D eigenvalue weighted by Crippen LogP contribution is -2.33. The molecule has 0 unspecified atom stereocenters. The summed E-state index contributed by atoms with van der Waals surface area (Å²) in [5.41, 5.74) is 1.83. The zero-order valence-corrected chi connectivity index (χ0v) is 16.3. The summed E-state index contributed by atoms with van der Waals surface area (Å²) in [6.07, 6.45) is 0. The average molecular weight is 422 g/mol. The Hall–Kier alpha value is -2.25. The van der Waals surface area contributed by atoms with E-state index in [1.54, 1.807) is 36.4 Å². The maximum Gasteiger partial charge on any atom is 0.238 e. The van der Waals surface area contributed by atoms with Crippen LogP contribution in [0.5, 0.6) is 0 Å². The molecule has 2 N–H and O–H groups in total. The molecule has 0 saturated heterocycles. The van der Waals surface area contributed by atoms with E-state index in [1.807, 2.05) is 11.8 Å². The maximum absolute atomic E-state index is 13.9. The summed E-state index contributed by atoms with van der Waals surface area (Å²) in [5, 5.41) is 5.47. The number of halogens is 2. The third-order valence-corrected chi connectivity index (χ3v) is 4.20. The molecule has 0 bridgehead atoms. The first-order valence-corrected chi connectivity index (χ1v) is 9.00. The summed E-state index contributed by atoms with van der Waals surface area (Å²) < 4.78 is 14.7. The van der Waals surface area contributed by atoms with E-state index in [-0.39, 0.29) is 24.2 Å². The van der Waals surface area contributed by atoms with E-state index in [4.69, 9.17) is 0 Å². The Morgan fingerprint density at radius 2 is 1.69 bits per heavy atom. The van der Waals surface area contributed by atoms with Gasteiger partial charge in [0.25, 0.3) is 0 Å². The fourth-order valence-electron chi connectivity index (χ4n) is 2.43. The minimum Gasteiger partial charge on any atom is -0.326 e. The zero-order chi connectivity index (χ0) is 19.1. The molecule has 2 rings (SSSR count). The molecule has 0 aliphatic rings. The van der Waals surface area contributed by atoms with Crippen LogP contribution in [0.1, 0.15) is 19.4 Å².